The molecule has 0 saturated heterocycles. The van der Waals surface area contributed by atoms with Crippen molar-refractivity contribution in [3.8, 4) is 11.3 Å². The van der Waals surface area contributed by atoms with Gasteiger partial charge in [0.05, 0.1) is 17.7 Å². The average Bonchev–Trinajstić information content (AvgIpc) is 3.03. The van der Waals surface area contributed by atoms with E-state index in [9.17, 15) is 14.0 Å². The van der Waals surface area contributed by atoms with Crippen LogP contribution in [0, 0.1) is 5.82 Å². The van der Waals surface area contributed by atoms with Gasteiger partial charge in [0.15, 0.2) is 0 Å². The molecule has 0 aliphatic heterocycles. The number of halogens is 2. The Morgan fingerprint density at radius 1 is 1.04 bits per heavy atom. The van der Waals surface area contributed by atoms with E-state index < -0.39 is 17.7 Å². The van der Waals surface area contributed by atoms with Crippen molar-refractivity contribution in [3.05, 3.63) is 82.2 Å². The fourth-order valence-corrected chi connectivity index (χ4v) is 2.96. The largest absolute Gasteiger partial charge is 0.481 e. The van der Waals surface area contributed by atoms with Crippen LogP contribution in [0.25, 0.3) is 11.3 Å². The van der Waals surface area contributed by atoms with Gasteiger partial charge in [-0.05, 0) is 36.4 Å². The molecule has 7 heteroatoms. The van der Waals surface area contributed by atoms with Crippen molar-refractivity contribution >= 4 is 27.8 Å². The summed E-state index contributed by atoms with van der Waals surface area (Å²) < 4.78 is 16.4. The summed E-state index contributed by atoms with van der Waals surface area (Å²) in [4.78, 5) is 23.5. The molecule has 0 aliphatic rings. The minimum Gasteiger partial charge on any atom is -0.481 e. The lowest BCUT2D eigenvalue weighted by Crippen LogP contribution is -2.26. The van der Waals surface area contributed by atoms with Crippen molar-refractivity contribution in [2.75, 3.05) is 5.43 Å². The van der Waals surface area contributed by atoms with Crippen LogP contribution in [0.1, 0.15) is 22.5 Å². The van der Waals surface area contributed by atoms with Crippen LogP contribution in [0.15, 0.2) is 65.1 Å². The summed E-state index contributed by atoms with van der Waals surface area (Å²) in [5.74, 6) is -2.17. The lowest BCUT2D eigenvalue weighted by Gasteiger charge is -2.15. The molecule has 1 amide bonds. The van der Waals surface area contributed by atoms with Crippen molar-refractivity contribution in [2.45, 2.75) is 12.8 Å². The molecule has 27 heavy (non-hydrogen) atoms. The number of benzene rings is 2. The van der Waals surface area contributed by atoms with Crippen LogP contribution in [0.3, 0.4) is 0 Å². The molecule has 0 radical (unpaired) electrons. The van der Waals surface area contributed by atoms with Gasteiger partial charge in [-0.2, -0.15) is 0 Å². The highest BCUT2D eigenvalue weighted by atomic mass is 79.9. The van der Waals surface area contributed by atoms with Gasteiger partial charge < -0.3 is 5.11 Å². The Morgan fingerprint density at radius 2 is 1.74 bits per heavy atom. The zero-order chi connectivity index (χ0) is 19.4. The minimum absolute atomic E-state index is 0.0840. The first kappa shape index (κ1) is 18.8. The van der Waals surface area contributed by atoms with Crippen LogP contribution in [-0.4, -0.2) is 21.7 Å². The van der Waals surface area contributed by atoms with Crippen LogP contribution >= 0.6 is 15.9 Å². The number of carboxylic acids is 1. The van der Waals surface area contributed by atoms with Gasteiger partial charge in [-0.1, -0.05) is 40.2 Å². The normalized spacial score (nSPS) is 10.6. The Hall–Kier alpha value is -2.93. The molecule has 0 aliphatic carbocycles. The highest BCUT2D eigenvalue weighted by Gasteiger charge is 2.16. The standard InChI is InChI=1S/C20H16BrFN2O3/c21-14-7-5-13(6-8-14)18-11-9-15(10-12-19(25)26)24(18)23-20(27)16-3-1-2-4-17(16)22/h1-9,11H,10,12H2,(H,23,27)(H,25,26). The number of aryl methyl sites for hydroxylation is 1. The third kappa shape index (κ3) is 4.43. The van der Waals surface area contributed by atoms with Crippen molar-refractivity contribution in [3.63, 3.8) is 0 Å². The smallest absolute Gasteiger partial charge is 0.303 e. The van der Waals surface area contributed by atoms with Crippen LogP contribution < -0.4 is 5.43 Å². The Morgan fingerprint density at radius 3 is 2.41 bits per heavy atom. The molecule has 0 unspecified atom stereocenters. The molecule has 0 saturated carbocycles. The van der Waals surface area contributed by atoms with Gasteiger partial charge >= 0.3 is 5.97 Å². The van der Waals surface area contributed by atoms with E-state index in [1.165, 1.54) is 22.9 Å². The van der Waals surface area contributed by atoms with Gasteiger partial charge in [0.1, 0.15) is 5.82 Å². The number of aliphatic carboxylic acids is 1. The number of carboxylic acid groups (broad SMARTS) is 1. The van der Waals surface area contributed by atoms with Crippen molar-refractivity contribution in [1.82, 2.24) is 4.68 Å². The van der Waals surface area contributed by atoms with Gasteiger partial charge in [0.25, 0.3) is 5.91 Å². The molecule has 1 aromatic heterocycles. The highest BCUT2D eigenvalue weighted by molar-refractivity contribution is 9.10. The number of carbonyl (C=O) groups is 2. The lowest BCUT2D eigenvalue weighted by atomic mass is 10.1. The molecule has 3 aromatic rings. The Kier molecular flexibility index (Phi) is 5.71. The second kappa shape index (κ2) is 8.18. The number of aromatic nitrogens is 1. The van der Waals surface area contributed by atoms with E-state index in [4.69, 9.17) is 5.11 Å². The Bertz CT molecular complexity index is 983. The molecule has 3 rings (SSSR count). The van der Waals surface area contributed by atoms with Crippen molar-refractivity contribution in [2.24, 2.45) is 0 Å². The Labute approximate surface area is 163 Å². The van der Waals surface area contributed by atoms with Crippen LogP contribution in [-0.2, 0) is 11.2 Å². The summed E-state index contributed by atoms with van der Waals surface area (Å²) in [6.07, 6.45) is 0.142. The number of amides is 1. The van der Waals surface area contributed by atoms with Crippen LogP contribution in [0.4, 0.5) is 4.39 Å². The number of nitrogens with one attached hydrogen (secondary N) is 1. The monoisotopic (exact) mass is 430 g/mol. The first-order chi connectivity index (χ1) is 13.0. The minimum atomic E-state index is -0.937. The molecular formula is C20H16BrFN2O3. The summed E-state index contributed by atoms with van der Waals surface area (Å²) in [6.45, 7) is 0. The van der Waals surface area contributed by atoms with E-state index in [0.29, 0.717) is 11.4 Å². The van der Waals surface area contributed by atoms with E-state index in [1.54, 1.807) is 18.2 Å². The molecule has 1 heterocycles. The van der Waals surface area contributed by atoms with E-state index in [-0.39, 0.29) is 18.4 Å². The van der Waals surface area contributed by atoms with Crippen molar-refractivity contribution in [1.29, 1.82) is 0 Å². The third-order valence-corrected chi connectivity index (χ3v) is 4.56. The summed E-state index contributed by atoms with van der Waals surface area (Å²) in [7, 11) is 0. The molecule has 0 atom stereocenters. The second-order valence-corrected chi connectivity index (χ2v) is 6.78. The topological polar surface area (TPSA) is 71.3 Å². The van der Waals surface area contributed by atoms with Crippen molar-refractivity contribution < 1.29 is 19.1 Å². The van der Waals surface area contributed by atoms with Gasteiger partial charge in [-0.3, -0.25) is 19.7 Å². The SMILES string of the molecule is O=C(O)CCc1ccc(-c2ccc(Br)cc2)n1NC(=O)c1ccccc1F. The summed E-state index contributed by atoms with van der Waals surface area (Å²) in [6, 6.07) is 16.7. The fourth-order valence-electron chi connectivity index (χ4n) is 2.69. The fraction of sp³-hybridized carbons (Fsp3) is 0.100. The molecular weight excluding hydrogens is 415 g/mol. The Balaban J connectivity index is 1.98. The van der Waals surface area contributed by atoms with Gasteiger partial charge in [0, 0.05) is 22.2 Å². The summed E-state index contributed by atoms with van der Waals surface area (Å²) >= 11 is 3.38. The van der Waals surface area contributed by atoms with Crippen LogP contribution in [0.5, 0.6) is 0 Å². The molecule has 138 valence electrons. The number of nitrogens with zero attached hydrogens (tertiary/aromatic N) is 1. The molecule has 2 N–H and O–H groups in total. The van der Waals surface area contributed by atoms with Gasteiger partial charge in [-0.15, -0.1) is 0 Å². The zero-order valence-corrected chi connectivity index (χ0v) is 15.7. The summed E-state index contributed by atoms with van der Waals surface area (Å²) in [5, 5.41) is 8.96. The third-order valence-electron chi connectivity index (χ3n) is 4.03. The maximum Gasteiger partial charge on any atom is 0.303 e. The van der Waals surface area contributed by atoms with E-state index in [2.05, 4.69) is 21.4 Å². The first-order valence-electron chi connectivity index (χ1n) is 8.20. The maximum absolute atomic E-state index is 13.9. The quantitative estimate of drug-likeness (QED) is 0.606. The highest BCUT2D eigenvalue weighted by Crippen LogP contribution is 2.24. The van der Waals surface area contributed by atoms with E-state index >= 15 is 0 Å². The zero-order valence-electron chi connectivity index (χ0n) is 14.2. The average molecular weight is 431 g/mol. The molecule has 2 aromatic carbocycles. The number of hydrogen-bond acceptors (Lipinski definition) is 2. The second-order valence-electron chi connectivity index (χ2n) is 5.87. The maximum atomic E-state index is 13.9. The molecule has 5 nitrogen and oxygen atoms in total. The van der Waals surface area contributed by atoms with E-state index in [1.807, 2.05) is 24.3 Å². The predicted molar refractivity (Wildman–Crippen MR) is 104 cm³/mol. The first-order valence-corrected chi connectivity index (χ1v) is 8.99. The van der Waals surface area contributed by atoms with Gasteiger partial charge in [0.2, 0.25) is 0 Å². The van der Waals surface area contributed by atoms with Gasteiger partial charge in [-0.25, -0.2) is 4.39 Å². The predicted octanol–water partition coefficient (Wildman–Crippen LogP) is 4.46. The molecule has 0 spiro atoms. The molecule has 0 fully saturated rings. The van der Waals surface area contributed by atoms with E-state index in [0.717, 1.165) is 10.0 Å². The number of rotatable bonds is 6. The number of hydrogen-bond donors (Lipinski definition) is 2. The lowest BCUT2D eigenvalue weighted by molar-refractivity contribution is -0.136. The number of carbonyl (C=O) groups excluding carboxylic acids is 1. The van der Waals surface area contributed by atoms with Crippen LogP contribution in [0.2, 0.25) is 0 Å². The summed E-state index contributed by atoms with van der Waals surface area (Å²) in [5.41, 5.74) is 4.71. The molecule has 0 bridgehead atoms.